The van der Waals surface area contributed by atoms with Gasteiger partial charge in [0.25, 0.3) is 0 Å². The van der Waals surface area contributed by atoms with Gasteiger partial charge in [-0.1, -0.05) is 23.5 Å². The van der Waals surface area contributed by atoms with Crippen molar-refractivity contribution < 1.29 is 4.39 Å². The summed E-state index contributed by atoms with van der Waals surface area (Å²) >= 11 is 1.46. The van der Waals surface area contributed by atoms with Crippen LogP contribution in [0.5, 0.6) is 0 Å². The van der Waals surface area contributed by atoms with Crippen LogP contribution in [0.2, 0.25) is 0 Å². The van der Waals surface area contributed by atoms with Gasteiger partial charge in [-0.05, 0) is 24.6 Å². The number of fused-ring (bicyclic) bond motifs is 1. The smallest absolute Gasteiger partial charge is 0.234 e. The van der Waals surface area contributed by atoms with Gasteiger partial charge in [-0.3, -0.25) is 5.10 Å². The zero-order valence-electron chi connectivity index (χ0n) is 11.6. The van der Waals surface area contributed by atoms with Crippen molar-refractivity contribution in [1.29, 1.82) is 0 Å². The first-order valence-electron chi connectivity index (χ1n) is 6.66. The highest BCUT2D eigenvalue weighted by Gasteiger charge is 2.15. The third kappa shape index (κ3) is 2.17. The van der Waals surface area contributed by atoms with Gasteiger partial charge in [-0.25, -0.2) is 4.39 Å². The van der Waals surface area contributed by atoms with Crippen LogP contribution in [0.25, 0.3) is 15.5 Å². The lowest BCUT2D eigenvalue weighted by Gasteiger charge is -1.98. The summed E-state index contributed by atoms with van der Waals surface area (Å²) in [5.41, 5.74) is 2.89. The maximum Gasteiger partial charge on any atom is 0.234 e. The largest absolute Gasteiger partial charge is 0.282 e. The highest BCUT2D eigenvalue weighted by atomic mass is 32.1. The van der Waals surface area contributed by atoms with Crippen LogP contribution in [0.15, 0.2) is 30.5 Å². The molecular weight excluding hydrogens is 303 g/mol. The monoisotopic (exact) mass is 314 g/mol. The van der Waals surface area contributed by atoms with Gasteiger partial charge >= 0.3 is 0 Å². The Morgan fingerprint density at radius 3 is 2.77 bits per heavy atom. The molecule has 0 aliphatic carbocycles. The van der Waals surface area contributed by atoms with Crippen molar-refractivity contribution in [2.24, 2.45) is 0 Å². The second-order valence-corrected chi connectivity index (χ2v) is 5.89. The van der Waals surface area contributed by atoms with E-state index in [1.807, 2.05) is 6.92 Å². The third-order valence-corrected chi connectivity index (χ3v) is 4.32. The predicted octanol–water partition coefficient (Wildman–Crippen LogP) is 2.61. The molecule has 0 atom stereocenters. The summed E-state index contributed by atoms with van der Waals surface area (Å²) in [6.07, 6.45) is 2.30. The number of hydrogen-bond acceptors (Lipinski definition) is 5. The summed E-state index contributed by atoms with van der Waals surface area (Å²) in [6, 6.07) is 6.36. The van der Waals surface area contributed by atoms with Gasteiger partial charge in [0.15, 0.2) is 10.8 Å². The molecular formula is C14H11FN6S. The Balaban J connectivity index is 1.72. The molecule has 1 aromatic carbocycles. The first-order valence-corrected chi connectivity index (χ1v) is 7.48. The van der Waals surface area contributed by atoms with Crippen molar-refractivity contribution in [1.82, 2.24) is 30.0 Å². The van der Waals surface area contributed by atoms with Crippen LogP contribution in [0.4, 0.5) is 4.39 Å². The number of aromatic nitrogens is 6. The summed E-state index contributed by atoms with van der Waals surface area (Å²) in [7, 11) is 0. The van der Waals surface area contributed by atoms with Crippen molar-refractivity contribution in [3.8, 4) is 10.6 Å². The van der Waals surface area contributed by atoms with Crippen LogP contribution in [0.1, 0.15) is 17.1 Å². The van der Waals surface area contributed by atoms with E-state index >= 15 is 0 Å². The number of benzene rings is 1. The van der Waals surface area contributed by atoms with Crippen LogP contribution in [0.3, 0.4) is 0 Å². The fraction of sp³-hybridized carbons (Fsp3) is 0.143. The van der Waals surface area contributed by atoms with E-state index in [9.17, 15) is 4.39 Å². The van der Waals surface area contributed by atoms with Gasteiger partial charge in [-0.15, -0.1) is 10.2 Å². The lowest BCUT2D eigenvalue weighted by Crippen LogP contribution is -1.98. The molecule has 0 fully saturated rings. The maximum atomic E-state index is 13.0. The predicted molar refractivity (Wildman–Crippen MR) is 80.2 cm³/mol. The Morgan fingerprint density at radius 2 is 2.05 bits per heavy atom. The minimum atomic E-state index is -0.249. The molecule has 0 aliphatic rings. The van der Waals surface area contributed by atoms with Crippen molar-refractivity contribution in [2.45, 2.75) is 13.3 Å². The van der Waals surface area contributed by atoms with Crippen LogP contribution in [-0.4, -0.2) is 30.0 Å². The maximum absolute atomic E-state index is 13.0. The highest BCUT2D eigenvalue weighted by Crippen LogP contribution is 2.27. The highest BCUT2D eigenvalue weighted by molar-refractivity contribution is 7.19. The molecule has 8 heteroatoms. The van der Waals surface area contributed by atoms with Crippen molar-refractivity contribution in [3.63, 3.8) is 0 Å². The summed E-state index contributed by atoms with van der Waals surface area (Å²) < 4.78 is 14.7. The van der Waals surface area contributed by atoms with Crippen LogP contribution in [0, 0.1) is 12.7 Å². The molecule has 0 radical (unpaired) electrons. The Morgan fingerprint density at radius 1 is 1.23 bits per heavy atom. The minimum absolute atomic E-state index is 0.249. The zero-order chi connectivity index (χ0) is 15.1. The molecule has 0 unspecified atom stereocenters. The average Bonchev–Trinajstić information content (AvgIpc) is 3.18. The molecule has 3 aromatic heterocycles. The summed E-state index contributed by atoms with van der Waals surface area (Å²) in [4.78, 5) is 0.729. The molecule has 0 amide bonds. The van der Waals surface area contributed by atoms with E-state index in [2.05, 4.69) is 25.5 Å². The topological polar surface area (TPSA) is 71.8 Å². The zero-order valence-corrected chi connectivity index (χ0v) is 12.4. The number of nitrogens with zero attached hydrogens (tertiary/aromatic N) is 5. The SMILES string of the molecule is Cc1[nH]ncc1-c1nn2c(Cc3ccc(F)cc3)nnc2s1. The number of aromatic amines is 1. The Bertz CT molecular complexity index is 936. The normalized spacial score (nSPS) is 11.4. The Labute approximate surface area is 128 Å². The molecule has 0 bridgehead atoms. The van der Waals surface area contributed by atoms with E-state index in [0.717, 1.165) is 32.6 Å². The van der Waals surface area contributed by atoms with Gasteiger partial charge in [-0.2, -0.15) is 14.7 Å². The first kappa shape index (κ1) is 13.1. The van der Waals surface area contributed by atoms with E-state index in [0.29, 0.717) is 6.42 Å². The molecule has 22 heavy (non-hydrogen) atoms. The minimum Gasteiger partial charge on any atom is -0.282 e. The first-order chi connectivity index (χ1) is 10.7. The third-order valence-electron chi connectivity index (χ3n) is 3.39. The summed E-state index contributed by atoms with van der Waals surface area (Å²) in [5, 5.41) is 20.6. The lowest BCUT2D eigenvalue weighted by atomic mass is 10.1. The standard InChI is InChI=1S/C14H11FN6S/c1-8-11(7-16-17-8)13-20-21-12(18-19-14(21)22-13)6-9-2-4-10(15)5-3-9/h2-5,7H,6H2,1H3,(H,16,17). The van der Waals surface area contributed by atoms with Gasteiger partial charge in [0.1, 0.15) is 5.82 Å². The van der Waals surface area contributed by atoms with E-state index in [4.69, 9.17) is 0 Å². The molecule has 110 valence electrons. The molecule has 1 N–H and O–H groups in total. The van der Waals surface area contributed by atoms with Crippen molar-refractivity contribution in [3.05, 3.63) is 53.4 Å². The van der Waals surface area contributed by atoms with Gasteiger partial charge in [0.05, 0.1) is 11.8 Å². The molecule has 4 aromatic rings. The second kappa shape index (κ2) is 4.99. The van der Waals surface area contributed by atoms with Gasteiger partial charge in [0.2, 0.25) is 4.96 Å². The Hall–Kier alpha value is -2.61. The molecule has 3 heterocycles. The second-order valence-electron chi connectivity index (χ2n) is 4.93. The number of H-pyrrole nitrogens is 1. The summed E-state index contributed by atoms with van der Waals surface area (Å²) in [6.45, 7) is 1.95. The fourth-order valence-electron chi connectivity index (χ4n) is 2.23. The number of rotatable bonds is 3. The molecule has 0 saturated carbocycles. The number of halogens is 1. The number of hydrogen-bond donors (Lipinski definition) is 1. The van der Waals surface area contributed by atoms with Gasteiger partial charge in [0, 0.05) is 12.1 Å². The lowest BCUT2D eigenvalue weighted by molar-refractivity contribution is 0.627. The van der Waals surface area contributed by atoms with Crippen molar-refractivity contribution in [2.75, 3.05) is 0 Å². The van der Waals surface area contributed by atoms with Crippen LogP contribution >= 0.6 is 11.3 Å². The molecule has 0 saturated heterocycles. The quantitative estimate of drug-likeness (QED) is 0.631. The van der Waals surface area contributed by atoms with Crippen molar-refractivity contribution >= 4 is 16.3 Å². The molecule has 6 nitrogen and oxygen atoms in total. The Kier molecular flexibility index (Phi) is 2.97. The van der Waals surface area contributed by atoms with E-state index in [1.54, 1.807) is 22.8 Å². The molecule has 4 rings (SSSR count). The summed E-state index contributed by atoms with van der Waals surface area (Å²) in [5.74, 6) is 0.478. The molecule has 0 aliphatic heterocycles. The van der Waals surface area contributed by atoms with E-state index < -0.39 is 0 Å². The van der Waals surface area contributed by atoms with Gasteiger partial charge < -0.3 is 0 Å². The number of aryl methyl sites for hydroxylation is 1. The van der Waals surface area contributed by atoms with E-state index in [1.165, 1.54) is 23.5 Å². The van der Waals surface area contributed by atoms with E-state index in [-0.39, 0.29) is 5.82 Å². The average molecular weight is 314 g/mol. The fourth-order valence-corrected chi connectivity index (χ4v) is 3.15. The number of nitrogens with one attached hydrogen (secondary N) is 1. The van der Waals surface area contributed by atoms with Crippen LogP contribution < -0.4 is 0 Å². The molecule has 0 spiro atoms. The van der Waals surface area contributed by atoms with Crippen LogP contribution in [-0.2, 0) is 6.42 Å².